The van der Waals surface area contributed by atoms with Crippen LogP contribution in [0.25, 0.3) is 11.1 Å². The highest BCUT2D eigenvalue weighted by Gasteiger charge is 2.28. The van der Waals surface area contributed by atoms with Gasteiger partial charge in [-0.2, -0.15) is 5.26 Å². The number of nitriles is 1. The Kier molecular flexibility index (Phi) is 9.65. The number of nitrogens with one attached hydrogen (secondary N) is 1. The van der Waals surface area contributed by atoms with Gasteiger partial charge in [-0.25, -0.2) is 0 Å². The first kappa shape index (κ1) is 30.8. The molecule has 1 aliphatic carbocycles. The van der Waals surface area contributed by atoms with E-state index in [0.29, 0.717) is 33.2 Å². The van der Waals surface area contributed by atoms with Crippen molar-refractivity contribution in [1.29, 1.82) is 5.26 Å². The number of carbonyl (C=O) groups is 1. The van der Waals surface area contributed by atoms with Gasteiger partial charge in [0.2, 0.25) is 0 Å². The van der Waals surface area contributed by atoms with Crippen LogP contribution in [0.1, 0.15) is 40.3 Å². The van der Waals surface area contributed by atoms with Gasteiger partial charge in [0.25, 0.3) is 0 Å². The van der Waals surface area contributed by atoms with E-state index in [1.807, 2.05) is 20.2 Å². The number of halogens is 1. The Labute approximate surface area is 261 Å². The number of hydrogen-bond donors (Lipinski definition) is 3. The summed E-state index contributed by atoms with van der Waals surface area (Å²) in [6.07, 6.45) is 4.49. The minimum atomic E-state index is -1.17. The van der Waals surface area contributed by atoms with Crippen molar-refractivity contribution in [3.8, 4) is 28.7 Å². The number of ether oxygens (including phenoxy) is 2. The number of rotatable bonds is 12. The van der Waals surface area contributed by atoms with Crippen LogP contribution in [-0.4, -0.2) is 47.9 Å². The largest absolute Gasteiger partial charge is 0.488 e. The van der Waals surface area contributed by atoms with Crippen molar-refractivity contribution in [2.45, 2.75) is 38.1 Å². The maximum Gasteiger partial charge on any atom is 0.323 e. The number of aromatic nitrogens is 1. The fourth-order valence-electron chi connectivity index (χ4n) is 5.30. The highest BCUT2D eigenvalue weighted by molar-refractivity contribution is 6.32. The molecule has 0 aliphatic heterocycles. The molecular weight excluding hydrogens is 580 g/mol. The summed E-state index contributed by atoms with van der Waals surface area (Å²) in [5.41, 5.74) is 7.49. The lowest BCUT2D eigenvalue weighted by Crippen LogP contribution is -2.39. The molecule has 9 nitrogen and oxygen atoms in total. The summed E-state index contributed by atoms with van der Waals surface area (Å²) < 4.78 is 12.7. The van der Waals surface area contributed by atoms with Crippen molar-refractivity contribution in [2.24, 2.45) is 0 Å². The number of aliphatic hydroxyl groups excluding tert-OH is 1. The predicted molar refractivity (Wildman–Crippen MR) is 168 cm³/mol. The number of carboxylic acid groups (broad SMARTS) is 1. The topological polar surface area (TPSA) is 128 Å². The molecule has 3 N–H and O–H groups in total. The average molecular weight is 613 g/mol. The van der Waals surface area contributed by atoms with E-state index in [2.05, 4.69) is 57.7 Å². The first-order chi connectivity index (χ1) is 21.3. The third kappa shape index (κ3) is 6.95. The molecule has 0 spiro atoms. The molecule has 0 bridgehead atoms. The molecule has 0 saturated heterocycles. The first-order valence-electron chi connectivity index (χ1n) is 14.2. The summed E-state index contributed by atoms with van der Waals surface area (Å²) in [4.78, 5) is 17.6. The third-order valence-electron chi connectivity index (χ3n) is 7.61. The van der Waals surface area contributed by atoms with E-state index < -0.39 is 18.6 Å². The van der Waals surface area contributed by atoms with Crippen LogP contribution in [0.3, 0.4) is 0 Å². The minimum Gasteiger partial charge on any atom is -0.488 e. The number of benzene rings is 3. The van der Waals surface area contributed by atoms with Crippen molar-refractivity contribution >= 4 is 23.3 Å². The van der Waals surface area contributed by atoms with Crippen LogP contribution in [-0.2, 0) is 24.4 Å². The van der Waals surface area contributed by atoms with E-state index in [1.54, 1.807) is 24.4 Å². The molecule has 4 aromatic rings. The number of pyridine rings is 1. The van der Waals surface area contributed by atoms with Gasteiger partial charge < -0.3 is 24.6 Å². The summed E-state index contributed by atoms with van der Waals surface area (Å²) in [5.74, 6) is -0.314. The smallest absolute Gasteiger partial charge is 0.323 e. The standard InChI is InChI=1S/C34H33ClN4O5/c1-39(2)25-6-3-5-23(12-25)26-7-4-8-28-27(26)9-10-31(28)44-33-14-32(43-20-22-11-21(15-36)16-37-17-22)24(13-29(33)35)18-38-30(19-40)34(41)42/h3-8,11-14,16-17,30-31,38,40H,9-10,18-20H2,1-2H3,(H,41,42)/t30-,31-/m0/s1. The number of aliphatic hydroxyl groups is 1. The van der Waals surface area contributed by atoms with Gasteiger partial charge in [-0.05, 0) is 59.4 Å². The second-order valence-electron chi connectivity index (χ2n) is 10.8. The van der Waals surface area contributed by atoms with E-state index in [0.717, 1.165) is 29.7 Å². The highest BCUT2D eigenvalue weighted by atomic mass is 35.5. The number of nitrogens with zero attached hydrogens (tertiary/aromatic N) is 3. The summed E-state index contributed by atoms with van der Waals surface area (Å²) in [7, 11) is 4.05. The summed E-state index contributed by atoms with van der Waals surface area (Å²) in [6, 6.07) is 20.7. The first-order valence-corrected chi connectivity index (χ1v) is 14.6. The van der Waals surface area contributed by atoms with Crippen LogP contribution in [0, 0.1) is 11.3 Å². The predicted octanol–water partition coefficient (Wildman–Crippen LogP) is 5.52. The molecule has 1 aliphatic rings. The monoisotopic (exact) mass is 612 g/mol. The SMILES string of the molecule is CN(C)c1cccc(-c2cccc3c2CC[C@@H]3Oc2cc(OCc3cncc(C#N)c3)c(CN[C@@H](CO)C(=O)O)cc2Cl)c1. The van der Waals surface area contributed by atoms with Crippen molar-refractivity contribution < 1.29 is 24.5 Å². The van der Waals surface area contributed by atoms with Gasteiger partial charge in [0.15, 0.2) is 0 Å². The Bertz CT molecular complexity index is 1700. The highest BCUT2D eigenvalue weighted by Crippen LogP contribution is 2.43. The zero-order valence-electron chi connectivity index (χ0n) is 24.5. The van der Waals surface area contributed by atoms with E-state index >= 15 is 0 Å². The lowest BCUT2D eigenvalue weighted by atomic mass is 9.96. The Morgan fingerprint density at radius 1 is 1.16 bits per heavy atom. The van der Waals surface area contributed by atoms with Crippen LogP contribution in [0.4, 0.5) is 5.69 Å². The molecule has 0 radical (unpaired) electrons. The molecule has 1 heterocycles. The van der Waals surface area contributed by atoms with Gasteiger partial charge in [-0.1, -0.05) is 41.9 Å². The minimum absolute atomic E-state index is 0.0744. The molecule has 1 aromatic heterocycles. The molecule has 0 saturated carbocycles. The Hall–Kier alpha value is -4.62. The van der Waals surface area contributed by atoms with Gasteiger partial charge in [0, 0.05) is 55.9 Å². The van der Waals surface area contributed by atoms with Crippen molar-refractivity contribution in [2.75, 3.05) is 25.6 Å². The number of anilines is 1. The molecule has 2 atom stereocenters. The van der Waals surface area contributed by atoms with E-state index in [9.17, 15) is 20.3 Å². The maximum absolute atomic E-state index is 11.4. The zero-order valence-corrected chi connectivity index (χ0v) is 25.2. The lowest BCUT2D eigenvalue weighted by Gasteiger charge is -2.20. The van der Waals surface area contributed by atoms with Gasteiger partial charge in [-0.15, -0.1) is 0 Å². The second-order valence-corrected chi connectivity index (χ2v) is 11.2. The van der Waals surface area contributed by atoms with Crippen molar-refractivity contribution in [3.63, 3.8) is 0 Å². The Morgan fingerprint density at radius 2 is 1.98 bits per heavy atom. The molecule has 0 unspecified atom stereocenters. The normalized spacial score (nSPS) is 14.4. The fourth-order valence-corrected chi connectivity index (χ4v) is 5.54. The Balaban J connectivity index is 1.42. The lowest BCUT2D eigenvalue weighted by molar-refractivity contribution is -0.140. The van der Waals surface area contributed by atoms with E-state index in [-0.39, 0.29) is 19.3 Å². The van der Waals surface area contributed by atoms with Gasteiger partial charge in [0.1, 0.15) is 36.3 Å². The molecule has 0 amide bonds. The molecule has 226 valence electrons. The van der Waals surface area contributed by atoms with Crippen LogP contribution in [0.15, 0.2) is 73.1 Å². The van der Waals surface area contributed by atoms with Gasteiger partial charge in [-0.3, -0.25) is 15.1 Å². The zero-order chi connectivity index (χ0) is 31.2. The molecule has 0 fully saturated rings. The van der Waals surface area contributed by atoms with Gasteiger partial charge >= 0.3 is 5.97 Å². The van der Waals surface area contributed by atoms with Crippen molar-refractivity contribution in [3.05, 3.63) is 106 Å². The van der Waals surface area contributed by atoms with Crippen molar-refractivity contribution in [1.82, 2.24) is 10.3 Å². The quantitative estimate of drug-likeness (QED) is 0.189. The van der Waals surface area contributed by atoms with E-state index in [1.165, 1.54) is 17.3 Å². The number of carboxylic acids is 1. The summed E-state index contributed by atoms with van der Waals surface area (Å²) in [5, 5.41) is 31.2. The fraction of sp³-hybridized carbons (Fsp3) is 0.265. The molecule has 5 rings (SSSR count). The third-order valence-corrected chi connectivity index (χ3v) is 7.91. The average Bonchev–Trinajstić information content (AvgIpc) is 3.44. The second kappa shape index (κ2) is 13.8. The van der Waals surface area contributed by atoms with Crippen LogP contribution < -0.4 is 19.7 Å². The van der Waals surface area contributed by atoms with Crippen LogP contribution in [0.5, 0.6) is 11.5 Å². The number of hydrogen-bond acceptors (Lipinski definition) is 8. The molecule has 44 heavy (non-hydrogen) atoms. The van der Waals surface area contributed by atoms with Crippen LogP contribution >= 0.6 is 11.6 Å². The summed E-state index contributed by atoms with van der Waals surface area (Å²) >= 11 is 6.72. The summed E-state index contributed by atoms with van der Waals surface area (Å²) in [6.45, 7) is -0.388. The Morgan fingerprint density at radius 3 is 2.73 bits per heavy atom. The molecule has 10 heteroatoms. The maximum atomic E-state index is 11.4. The van der Waals surface area contributed by atoms with E-state index in [4.69, 9.17) is 21.1 Å². The molecule has 3 aromatic carbocycles. The van der Waals surface area contributed by atoms with Gasteiger partial charge in [0.05, 0.1) is 17.2 Å². The van der Waals surface area contributed by atoms with Crippen LogP contribution in [0.2, 0.25) is 5.02 Å². The number of aliphatic carboxylic acids is 1. The number of fused-ring (bicyclic) bond motifs is 1. The molecular formula is C34H33ClN4O5.